The van der Waals surface area contributed by atoms with Gasteiger partial charge in [-0.15, -0.1) is 0 Å². The summed E-state index contributed by atoms with van der Waals surface area (Å²) >= 11 is 6.20. The summed E-state index contributed by atoms with van der Waals surface area (Å²) in [5.74, 6) is 1.69. The topological polar surface area (TPSA) is 65.5 Å². The number of oxazole rings is 1. The summed E-state index contributed by atoms with van der Waals surface area (Å²) in [6.45, 7) is 4.67. The molecule has 1 fully saturated rings. The summed E-state index contributed by atoms with van der Waals surface area (Å²) in [5, 5.41) is 10.3. The monoisotopic (exact) mass is 484 g/mol. The Bertz CT molecular complexity index is 1310. The van der Waals surface area contributed by atoms with Crippen LogP contribution in [0.5, 0.6) is 5.75 Å². The van der Waals surface area contributed by atoms with Crippen molar-refractivity contribution in [3.05, 3.63) is 101 Å². The van der Waals surface area contributed by atoms with Crippen LogP contribution in [-0.4, -0.2) is 36.1 Å². The summed E-state index contributed by atoms with van der Waals surface area (Å²) in [5.41, 5.74) is 3.34. The Morgan fingerprint density at radius 1 is 0.914 bits per heavy atom. The van der Waals surface area contributed by atoms with Gasteiger partial charge in [-0.3, -0.25) is 4.90 Å². The van der Waals surface area contributed by atoms with Crippen LogP contribution in [0.4, 0.5) is 5.88 Å². The first-order valence-corrected chi connectivity index (χ1v) is 12.0. The molecule has 0 atom stereocenters. The Morgan fingerprint density at radius 2 is 1.63 bits per heavy atom. The number of halogens is 1. The van der Waals surface area contributed by atoms with Gasteiger partial charge in [0.15, 0.2) is 0 Å². The number of nitrogens with zero attached hydrogens (tertiary/aromatic N) is 4. The van der Waals surface area contributed by atoms with E-state index in [0.29, 0.717) is 29.1 Å². The van der Waals surface area contributed by atoms with Crippen LogP contribution in [0.2, 0.25) is 5.02 Å². The van der Waals surface area contributed by atoms with Gasteiger partial charge in [0.1, 0.15) is 18.4 Å². The molecule has 0 N–H and O–H groups in total. The molecule has 0 radical (unpaired) electrons. The smallest absolute Gasteiger partial charge is 0.235 e. The van der Waals surface area contributed by atoms with Gasteiger partial charge in [0.05, 0.1) is 0 Å². The number of hydrogen-bond acceptors (Lipinski definition) is 6. The van der Waals surface area contributed by atoms with E-state index in [-0.39, 0.29) is 0 Å². The van der Waals surface area contributed by atoms with E-state index in [1.165, 1.54) is 5.56 Å². The van der Waals surface area contributed by atoms with Crippen molar-refractivity contribution in [1.29, 1.82) is 5.26 Å². The van der Waals surface area contributed by atoms with Crippen LogP contribution in [0.1, 0.15) is 16.8 Å². The Labute approximate surface area is 209 Å². The Balaban J connectivity index is 1.23. The van der Waals surface area contributed by atoms with E-state index in [1.54, 1.807) is 0 Å². The van der Waals surface area contributed by atoms with Gasteiger partial charge in [-0.2, -0.15) is 10.2 Å². The highest BCUT2D eigenvalue weighted by Crippen LogP contribution is 2.30. The highest BCUT2D eigenvalue weighted by molar-refractivity contribution is 6.31. The van der Waals surface area contributed by atoms with Crippen molar-refractivity contribution in [2.75, 3.05) is 31.1 Å². The Hall–Kier alpha value is -3.79. The van der Waals surface area contributed by atoms with Crippen molar-refractivity contribution < 1.29 is 9.15 Å². The molecule has 0 aliphatic carbocycles. The van der Waals surface area contributed by atoms with Crippen LogP contribution in [0.15, 0.2) is 83.3 Å². The van der Waals surface area contributed by atoms with Gasteiger partial charge in [0.2, 0.25) is 17.5 Å². The molecule has 176 valence electrons. The Morgan fingerprint density at radius 3 is 2.34 bits per heavy atom. The molecule has 0 amide bonds. The van der Waals surface area contributed by atoms with Crippen LogP contribution >= 0.6 is 11.6 Å². The lowest BCUT2D eigenvalue weighted by atomic mass is 10.2. The van der Waals surface area contributed by atoms with Crippen molar-refractivity contribution in [3.63, 3.8) is 0 Å². The van der Waals surface area contributed by atoms with Crippen molar-refractivity contribution >= 4 is 17.5 Å². The number of nitriles is 1. The highest BCUT2D eigenvalue weighted by atomic mass is 35.5. The third kappa shape index (κ3) is 5.48. The van der Waals surface area contributed by atoms with Gasteiger partial charge < -0.3 is 14.1 Å². The molecule has 1 saturated heterocycles. The molecule has 3 aromatic carbocycles. The number of piperazine rings is 1. The van der Waals surface area contributed by atoms with Gasteiger partial charge in [0, 0.05) is 48.9 Å². The van der Waals surface area contributed by atoms with Crippen LogP contribution < -0.4 is 9.64 Å². The minimum absolute atomic E-state index is 0.315. The van der Waals surface area contributed by atoms with Crippen LogP contribution in [0.3, 0.4) is 0 Å². The molecule has 5 rings (SSSR count). The molecule has 1 aliphatic rings. The summed E-state index contributed by atoms with van der Waals surface area (Å²) in [6, 6.07) is 27.8. The summed E-state index contributed by atoms with van der Waals surface area (Å²) in [6.07, 6.45) is 0. The van der Waals surface area contributed by atoms with E-state index in [0.717, 1.165) is 49.6 Å². The Kier molecular flexibility index (Phi) is 6.99. The minimum atomic E-state index is 0.315. The van der Waals surface area contributed by atoms with Gasteiger partial charge in [-0.25, -0.2) is 0 Å². The molecule has 6 nitrogen and oxygen atoms in total. The standard InChI is InChI=1S/C28H25ClN4O2/c29-25-9-5-4-8-23(25)20-34-24-12-10-22(11-13-24)27-31-26(18-30)28(35-27)33-16-14-32(15-17-33)19-21-6-2-1-3-7-21/h1-13H,14-17,19-20H2. The fourth-order valence-corrected chi connectivity index (χ4v) is 4.33. The van der Waals surface area contributed by atoms with E-state index in [4.69, 9.17) is 20.8 Å². The maximum Gasteiger partial charge on any atom is 0.235 e. The average Bonchev–Trinajstić information content (AvgIpc) is 3.34. The normalized spacial score (nSPS) is 14.0. The van der Waals surface area contributed by atoms with Gasteiger partial charge in [0.25, 0.3) is 0 Å². The molecule has 0 saturated carbocycles. The predicted octanol–water partition coefficient (Wildman–Crippen LogP) is 5.77. The number of aromatic nitrogens is 1. The average molecular weight is 485 g/mol. The van der Waals surface area contributed by atoms with E-state index < -0.39 is 0 Å². The van der Waals surface area contributed by atoms with Gasteiger partial charge >= 0.3 is 0 Å². The molecule has 1 aromatic heterocycles. The van der Waals surface area contributed by atoms with Crippen molar-refractivity contribution in [3.8, 4) is 23.3 Å². The van der Waals surface area contributed by atoms with Crippen LogP contribution in [0, 0.1) is 11.3 Å². The zero-order valence-electron chi connectivity index (χ0n) is 19.2. The zero-order chi connectivity index (χ0) is 24.0. The summed E-state index contributed by atoms with van der Waals surface area (Å²) in [7, 11) is 0. The van der Waals surface area contributed by atoms with Crippen LogP contribution in [0.25, 0.3) is 11.5 Å². The number of hydrogen-bond donors (Lipinski definition) is 0. The minimum Gasteiger partial charge on any atom is -0.489 e. The predicted molar refractivity (Wildman–Crippen MR) is 136 cm³/mol. The second-order valence-corrected chi connectivity index (χ2v) is 8.85. The molecule has 1 aliphatic heterocycles. The van der Waals surface area contributed by atoms with E-state index in [9.17, 15) is 5.26 Å². The fraction of sp³-hybridized carbons (Fsp3) is 0.214. The van der Waals surface area contributed by atoms with Crippen LogP contribution in [-0.2, 0) is 13.2 Å². The van der Waals surface area contributed by atoms with Gasteiger partial charge in [-0.05, 0) is 35.9 Å². The second-order valence-electron chi connectivity index (χ2n) is 8.44. The lowest BCUT2D eigenvalue weighted by Gasteiger charge is -2.34. The third-order valence-electron chi connectivity index (χ3n) is 6.08. The quantitative estimate of drug-likeness (QED) is 0.332. The third-order valence-corrected chi connectivity index (χ3v) is 6.45. The molecule has 7 heteroatoms. The molecular weight excluding hydrogens is 460 g/mol. The van der Waals surface area contributed by atoms with Crippen molar-refractivity contribution in [2.45, 2.75) is 13.2 Å². The number of anilines is 1. The molecular formula is C28H25ClN4O2. The number of rotatable bonds is 7. The lowest BCUT2D eigenvalue weighted by molar-refractivity contribution is 0.246. The first-order valence-electron chi connectivity index (χ1n) is 11.6. The number of ether oxygens (including phenoxy) is 1. The molecule has 2 heterocycles. The molecule has 35 heavy (non-hydrogen) atoms. The second kappa shape index (κ2) is 10.6. The molecule has 0 unspecified atom stereocenters. The van der Waals surface area contributed by atoms with E-state index in [2.05, 4.69) is 45.1 Å². The largest absolute Gasteiger partial charge is 0.489 e. The fourth-order valence-electron chi connectivity index (χ4n) is 4.14. The SMILES string of the molecule is N#Cc1nc(-c2ccc(OCc3ccccc3Cl)cc2)oc1N1CCN(Cc2ccccc2)CC1. The van der Waals surface area contributed by atoms with Crippen molar-refractivity contribution in [2.24, 2.45) is 0 Å². The summed E-state index contributed by atoms with van der Waals surface area (Å²) in [4.78, 5) is 8.98. The maximum atomic E-state index is 9.66. The molecule has 4 aromatic rings. The van der Waals surface area contributed by atoms with E-state index in [1.807, 2.05) is 54.6 Å². The zero-order valence-corrected chi connectivity index (χ0v) is 20.0. The number of benzene rings is 3. The first kappa shape index (κ1) is 23.0. The lowest BCUT2D eigenvalue weighted by Crippen LogP contribution is -2.46. The van der Waals surface area contributed by atoms with Gasteiger partial charge in [-0.1, -0.05) is 60.1 Å². The molecule has 0 bridgehead atoms. The van der Waals surface area contributed by atoms with E-state index >= 15 is 0 Å². The van der Waals surface area contributed by atoms with Crippen molar-refractivity contribution in [1.82, 2.24) is 9.88 Å². The summed E-state index contributed by atoms with van der Waals surface area (Å²) < 4.78 is 11.9. The first-order chi connectivity index (χ1) is 17.2. The maximum absolute atomic E-state index is 9.66. The molecule has 0 spiro atoms. The highest BCUT2D eigenvalue weighted by Gasteiger charge is 2.24.